The van der Waals surface area contributed by atoms with Crippen LogP contribution < -0.4 is 11.2 Å². The van der Waals surface area contributed by atoms with E-state index in [1.807, 2.05) is 40.7 Å². The van der Waals surface area contributed by atoms with Crippen molar-refractivity contribution in [2.24, 2.45) is 16.1 Å². The summed E-state index contributed by atoms with van der Waals surface area (Å²) in [5.41, 5.74) is -0.863. The molecule has 0 rings (SSSR count). The lowest BCUT2D eigenvalue weighted by Gasteiger charge is -2.27. The molecule has 0 aromatic heterocycles. The normalized spacial score (nSPS) is 12.3. The molecule has 0 aromatic rings. The Morgan fingerprint density at radius 2 is 1.89 bits per heavy atom. The van der Waals surface area contributed by atoms with Gasteiger partial charge in [-0.3, -0.25) is 5.01 Å². The van der Waals surface area contributed by atoms with Crippen molar-refractivity contribution in [3.63, 3.8) is 0 Å². The SMILES string of the molecule is CC(C)(C)/N=N/C(C)(C)NC(=S)N(N)CCC#N. The quantitative estimate of drug-likeness (QED) is 0.352. The smallest absolute Gasteiger partial charge is 0.185 e. The van der Waals surface area contributed by atoms with Crippen molar-refractivity contribution in [1.29, 1.82) is 5.26 Å². The predicted molar refractivity (Wildman–Crippen MR) is 75.5 cm³/mol. The first-order valence-electron chi connectivity index (χ1n) is 5.73. The van der Waals surface area contributed by atoms with Crippen molar-refractivity contribution in [2.75, 3.05) is 6.54 Å². The van der Waals surface area contributed by atoms with Crippen molar-refractivity contribution in [1.82, 2.24) is 10.3 Å². The first-order valence-corrected chi connectivity index (χ1v) is 6.13. The monoisotopic (exact) mass is 270 g/mol. The van der Waals surface area contributed by atoms with Crippen LogP contribution in [-0.2, 0) is 0 Å². The Morgan fingerprint density at radius 1 is 1.33 bits per heavy atom. The zero-order chi connectivity index (χ0) is 14.4. The third-order valence-corrected chi connectivity index (χ3v) is 2.07. The Bertz CT molecular complexity index is 350. The van der Waals surface area contributed by atoms with Gasteiger partial charge in [0.2, 0.25) is 0 Å². The number of nitrogens with one attached hydrogen (secondary N) is 1. The van der Waals surface area contributed by atoms with Gasteiger partial charge in [0, 0.05) is 6.54 Å². The van der Waals surface area contributed by atoms with Gasteiger partial charge in [-0.1, -0.05) is 0 Å². The number of hydrazine groups is 1. The topological polar surface area (TPSA) is 89.8 Å². The van der Waals surface area contributed by atoms with Gasteiger partial charge in [0.25, 0.3) is 0 Å². The fraction of sp³-hybridized carbons (Fsp3) is 0.818. The van der Waals surface area contributed by atoms with E-state index >= 15 is 0 Å². The highest BCUT2D eigenvalue weighted by Gasteiger charge is 2.20. The predicted octanol–water partition coefficient (Wildman–Crippen LogP) is 1.94. The molecule has 0 amide bonds. The molecule has 0 bridgehead atoms. The molecule has 0 saturated heterocycles. The Morgan fingerprint density at radius 3 is 2.33 bits per heavy atom. The summed E-state index contributed by atoms with van der Waals surface area (Å²) in [7, 11) is 0. The molecule has 0 aliphatic rings. The lowest BCUT2D eigenvalue weighted by Crippen LogP contribution is -2.51. The van der Waals surface area contributed by atoms with E-state index in [9.17, 15) is 0 Å². The van der Waals surface area contributed by atoms with Gasteiger partial charge in [-0.15, -0.1) is 0 Å². The van der Waals surface area contributed by atoms with Crippen LogP contribution in [0.2, 0.25) is 0 Å². The van der Waals surface area contributed by atoms with Crippen LogP contribution in [0, 0.1) is 11.3 Å². The van der Waals surface area contributed by atoms with Gasteiger partial charge in [-0.05, 0) is 46.8 Å². The van der Waals surface area contributed by atoms with Crippen molar-refractivity contribution in [3.05, 3.63) is 0 Å². The molecular weight excluding hydrogens is 248 g/mol. The highest BCUT2D eigenvalue weighted by atomic mass is 32.1. The first-order chi connectivity index (χ1) is 8.07. The summed E-state index contributed by atoms with van der Waals surface area (Å²) in [6, 6.07) is 2.01. The number of nitrogens with two attached hydrogens (primary N) is 1. The maximum atomic E-state index is 8.47. The second-order valence-electron chi connectivity index (χ2n) is 5.46. The second-order valence-corrected chi connectivity index (χ2v) is 5.85. The number of hydrogen-bond donors (Lipinski definition) is 2. The summed E-state index contributed by atoms with van der Waals surface area (Å²) in [4.78, 5) is 0. The summed E-state index contributed by atoms with van der Waals surface area (Å²) in [5, 5.41) is 21.6. The van der Waals surface area contributed by atoms with Crippen LogP contribution >= 0.6 is 12.2 Å². The molecule has 6 nitrogen and oxygen atoms in total. The van der Waals surface area contributed by atoms with Crippen molar-refractivity contribution < 1.29 is 0 Å². The molecule has 102 valence electrons. The van der Waals surface area contributed by atoms with Crippen LogP contribution in [0.25, 0.3) is 0 Å². The summed E-state index contributed by atoms with van der Waals surface area (Å²) in [6.07, 6.45) is 0.322. The molecule has 0 fully saturated rings. The molecule has 0 unspecified atom stereocenters. The van der Waals surface area contributed by atoms with E-state index in [0.717, 1.165) is 0 Å². The molecule has 0 saturated carbocycles. The largest absolute Gasteiger partial charge is 0.336 e. The molecule has 18 heavy (non-hydrogen) atoms. The fourth-order valence-corrected chi connectivity index (χ4v) is 1.25. The summed E-state index contributed by atoms with van der Waals surface area (Å²) < 4.78 is 0. The summed E-state index contributed by atoms with van der Waals surface area (Å²) in [6.45, 7) is 9.99. The van der Waals surface area contributed by atoms with E-state index < -0.39 is 5.66 Å². The van der Waals surface area contributed by atoms with Crippen LogP contribution in [0.4, 0.5) is 0 Å². The Balaban J connectivity index is 4.45. The number of thiocarbonyl (C=S) groups is 1. The van der Waals surface area contributed by atoms with E-state index in [1.165, 1.54) is 5.01 Å². The zero-order valence-electron chi connectivity index (χ0n) is 11.7. The molecule has 0 atom stereocenters. The molecular formula is C11H22N6S. The average Bonchev–Trinajstić information content (AvgIpc) is 2.21. The highest BCUT2D eigenvalue weighted by molar-refractivity contribution is 7.80. The van der Waals surface area contributed by atoms with Gasteiger partial charge in [0.15, 0.2) is 5.11 Å². The van der Waals surface area contributed by atoms with Gasteiger partial charge >= 0.3 is 0 Å². The standard InChI is InChI=1S/C11H22N6S/c1-10(2,3)15-16-11(4,5)14-9(18)17(13)8-6-7-12/h6,8,13H2,1-5H3,(H,14,18)/b16-15+. The highest BCUT2D eigenvalue weighted by Crippen LogP contribution is 2.13. The number of nitriles is 1. The fourth-order valence-electron chi connectivity index (χ4n) is 0.905. The average molecular weight is 270 g/mol. The molecule has 0 heterocycles. The number of hydrogen-bond acceptors (Lipinski definition) is 5. The minimum absolute atomic E-state index is 0.232. The van der Waals surface area contributed by atoms with E-state index in [-0.39, 0.29) is 5.54 Å². The molecule has 0 aromatic carbocycles. The van der Waals surface area contributed by atoms with Crippen LogP contribution in [0.1, 0.15) is 41.0 Å². The molecule has 0 radical (unpaired) electrons. The van der Waals surface area contributed by atoms with E-state index in [4.69, 9.17) is 23.3 Å². The minimum atomic E-state index is -0.630. The first kappa shape index (κ1) is 16.7. The molecule has 0 aliphatic carbocycles. The minimum Gasteiger partial charge on any atom is -0.336 e. The molecule has 7 heteroatoms. The molecule has 0 aliphatic heterocycles. The van der Waals surface area contributed by atoms with Crippen LogP contribution in [0.15, 0.2) is 10.2 Å². The number of nitrogens with zero attached hydrogens (tertiary/aromatic N) is 4. The Hall–Kier alpha value is -1.26. The maximum absolute atomic E-state index is 8.47. The van der Waals surface area contributed by atoms with E-state index in [1.54, 1.807) is 0 Å². The third-order valence-electron chi connectivity index (χ3n) is 1.74. The van der Waals surface area contributed by atoms with Crippen molar-refractivity contribution in [3.8, 4) is 6.07 Å². The van der Waals surface area contributed by atoms with E-state index in [0.29, 0.717) is 18.1 Å². The lowest BCUT2D eigenvalue weighted by molar-refractivity contribution is 0.376. The number of azo groups is 1. The van der Waals surface area contributed by atoms with Gasteiger partial charge in [-0.25, -0.2) is 5.84 Å². The molecule has 0 spiro atoms. The molecule has 3 N–H and O–H groups in total. The van der Waals surface area contributed by atoms with Crippen molar-refractivity contribution >= 4 is 17.3 Å². The van der Waals surface area contributed by atoms with Crippen molar-refractivity contribution in [2.45, 2.75) is 52.2 Å². The van der Waals surface area contributed by atoms with Crippen LogP contribution in [0.5, 0.6) is 0 Å². The van der Waals surface area contributed by atoms with Crippen LogP contribution in [0.3, 0.4) is 0 Å². The Labute approximate surface area is 114 Å². The summed E-state index contributed by atoms with van der Waals surface area (Å²) in [5.74, 6) is 5.70. The van der Waals surface area contributed by atoms with E-state index in [2.05, 4.69) is 15.5 Å². The summed E-state index contributed by atoms with van der Waals surface area (Å²) >= 11 is 5.12. The van der Waals surface area contributed by atoms with Gasteiger partial charge in [0.05, 0.1) is 18.0 Å². The Kier molecular flexibility index (Phi) is 6.15. The van der Waals surface area contributed by atoms with Crippen LogP contribution in [-0.4, -0.2) is 27.9 Å². The maximum Gasteiger partial charge on any atom is 0.185 e. The van der Waals surface area contributed by atoms with Gasteiger partial charge in [-0.2, -0.15) is 15.5 Å². The van der Waals surface area contributed by atoms with Gasteiger partial charge < -0.3 is 5.32 Å². The van der Waals surface area contributed by atoms with Gasteiger partial charge in [0.1, 0.15) is 5.66 Å². The third kappa shape index (κ3) is 7.92. The number of rotatable bonds is 4. The lowest BCUT2D eigenvalue weighted by atomic mass is 10.1. The zero-order valence-corrected chi connectivity index (χ0v) is 12.5. The second kappa shape index (κ2) is 6.61.